The van der Waals surface area contributed by atoms with Crippen LogP contribution in [0.5, 0.6) is 0 Å². The van der Waals surface area contributed by atoms with E-state index >= 15 is 0 Å². The molecule has 1 atom stereocenters. The number of hydrogen-bond donors (Lipinski definition) is 1. The van der Waals surface area contributed by atoms with E-state index in [1.165, 1.54) is 0 Å². The number of anilines is 1. The highest BCUT2D eigenvalue weighted by molar-refractivity contribution is 5.21. The van der Waals surface area contributed by atoms with E-state index in [4.69, 9.17) is 9.15 Å². The molecule has 0 bridgehead atoms. The van der Waals surface area contributed by atoms with E-state index in [1.54, 1.807) is 7.11 Å². The van der Waals surface area contributed by atoms with Gasteiger partial charge in [0.1, 0.15) is 0 Å². The van der Waals surface area contributed by atoms with Crippen LogP contribution in [0.2, 0.25) is 0 Å². The van der Waals surface area contributed by atoms with Crippen molar-refractivity contribution in [2.45, 2.75) is 32.7 Å². The van der Waals surface area contributed by atoms with Crippen LogP contribution in [-0.4, -0.2) is 44.1 Å². The molecule has 1 rings (SSSR count). The Morgan fingerprint density at radius 2 is 2.22 bits per heavy atom. The van der Waals surface area contributed by atoms with Gasteiger partial charge < -0.3 is 19.4 Å². The normalized spacial score (nSPS) is 12.7. The Labute approximate surface area is 109 Å². The van der Waals surface area contributed by atoms with Crippen molar-refractivity contribution in [1.29, 1.82) is 0 Å². The summed E-state index contributed by atoms with van der Waals surface area (Å²) >= 11 is 0. The molecule has 0 fully saturated rings. The van der Waals surface area contributed by atoms with Gasteiger partial charge in [-0.15, -0.1) is 5.10 Å². The summed E-state index contributed by atoms with van der Waals surface area (Å²) in [6.45, 7) is 6.68. The third kappa shape index (κ3) is 4.62. The summed E-state index contributed by atoms with van der Waals surface area (Å²) in [5, 5.41) is 11.4. The van der Waals surface area contributed by atoms with Crippen LogP contribution in [0, 0.1) is 0 Å². The second-order valence-electron chi connectivity index (χ2n) is 4.37. The van der Waals surface area contributed by atoms with Crippen molar-refractivity contribution in [3.8, 4) is 0 Å². The first-order valence-corrected chi connectivity index (χ1v) is 6.45. The van der Waals surface area contributed by atoms with Crippen molar-refractivity contribution in [1.82, 2.24) is 15.5 Å². The Bertz CT molecular complexity index is 330. The molecule has 1 unspecified atom stereocenters. The van der Waals surface area contributed by atoms with E-state index in [0.717, 1.165) is 32.5 Å². The van der Waals surface area contributed by atoms with Crippen LogP contribution < -0.4 is 10.2 Å². The van der Waals surface area contributed by atoms with E-state index in [2.05, 4.69) is 22.4 Å². The Kier molecular flexibility index (Phi) is 6.67. The minimum atomic E-state index is 0.0959. The third-order valence-electron chi connectivity index (χ3n) is 2.67. The molecule has 0 amide bonds. The summed E-state index contributed by atoms with van der Waals surface area (Å²) in [7, 11) is 3.64. The Morgan fingerprint density at radius 3 is 2.89 bits per heavy atom. The van der Waals surface area contributed by atoms with Crippen LogP contribution in [-0.2, 0) is 4.74 Å². The summed E-state index contributed by atoms with van der Waals surface area (Å²) in [6.07, 6.45) is 2.02. The number of nitrogens with one attached hydrogen (secondary N) is 1. The van der Waals surface area contributed by atoms with Gasteiger partial charge in [0, 0.05) is 27.3 Å². The van der Waals surface area contributed by atoms with E-state index < -0.39 is 0 Å². The standard InChI is InChI=1S/C12H24N4O2/c1-5-7-13-10(2)11-14-15-12(18-11)16(3)8-6-9-17-4/h10,13H,5-9H2,1-4H3. The lowest BCUT2D eigenvalue weighted by Crippen LogP contribution is -2.20. The van der Waals surface area contributed by atoms with E-state index in [9.17, 15) is 0 Å². The molecular weight excluding hydrogens is 232 g/mol. The second kappa shape index (κ2) is 8.05. The van der Waals surface area contributed by atoms with E-state index in [0.29, 0.717) is 11.9 Å². The molecule has 6 nitrogen and oxygen atoms in total. The number of aromatic nitrogens is 2. The monoisotopic (exact) mass is 256 g/mol. The first-order chi connectivity index (χ1) is 8.69. The van der Waals surface area contributed by atoms with Gasteiger partial charge in [0.05, 0.1) is 6.04 Å². The van der Waals surface area contributed by atoms with Crippen molar-refractivity contribution in [2.75, 3.05) is 38.8 Å². The van der Waals surface area contributed by atoms with Crippen molar-refractivity contribution in [3.63, 3.8) is 0 Å². The predicted molar refractivity (Wildman–Crippen MR) is 70.8 cm³/mol. The predicted octanol–water partition coefficient (Wildman–Crippen LogP) is 1.60. The summed E-state index contributed by atoms with van der Waals surface area (Å²) in [5.41, 5.74) is 0. The summed E-state index contributed by atoms with van der Waals surface area (Å²) in [5.74, 6) is 0.636. The van der Waals surface area contributed by atoms with Gasteiger partial charge in [-0.05, 0) is 26.3 Å². The number of ether oxygens (including phenoxy) is 1. The molecule has 0 aliphatic rings. The minimum Gasteiger partial charge on any atom is -0.406 e. The van der Waals surface area contributed by atoms with Crippen molar-refractivity contribution in [2.24, 2.45) is 0 Å². The van der Waals surface area contributed by atoms with Crippen LogP contribution >= 0.6 is 0 Å². The lowest BCUT2D eigenvalue weighted by atomic mass is 10.3. The molecule has 1 aromatic heterocycles. The molecule has 1 N–H and O–H groups in total. The molecule has 18 heavy (non-hydrogen) atoms. The molecule has 1 heterocycles. The van der Waals surface area contributed by atoms with Crippen LogP contribution in [0.3, 0.4) is 0 Å². The van der Waals surface area contributed by atoms with Gasteiger partial charge >= 0.3 is 6.01 Å². The molecule has 0 saturated carbocycles. The largest absolute Gasteiger partial charge is 0.406 e. The summed E-state index contributed by atoms with van der Waals surface area (Å²) < 4.78 is 10.6. The zero-order valence-electron chi connectivity index (χ0n) is 11.8. The van der Waals surface area contributed by atoms with Gasteiger partial charge in [-0.1, -0.05) is 12.0 Å². The first kappa shape index (κ1) is 14.9. The van der Waals surface area contributed by atoms with Gasteiger partial charge in [0.2, 0.25) is 5.89 Å². The maximum Gasteiger partial charge on any atom is 0.317 e. The number of nitrogens with zero attached hydrogens (tertiary/aromatic N) is 3. The minimum absolute atomic E-state index is 0.0959. The quantitative estimate of drug-likeness (QED) is 0.677. The smallest absolute Gasteiger partial charge is 0.317 e. The highest BCUT2D eigenvalue weighted by Crippen LogP contribution is 2.16. The fourth-order valence-corrected chi connectivity index (χ4v) is 1.55. The van der Waals surface area contributed by atoms with Crippen LogP contribution in [0.25, 0.3) is 0 Å². The van der Waals surface area contributed by atoms with Crippen LogP contribution in [0.15, 0.2) is 4.42 Å². The third-order valence-corrected chi connectivity index (χ3v) is 2.67. The molecule has 0 radical (unpaired) electrons. The molecule has 1 aromatic rings. The Balaban J connectivity index is 2.46. The number of rotatable bonds is 9. The molecule has 0 spiro atoms. The number of hydrogen-bond acceptors (Lipinski definition) is 6. The number of methoxy groups -OCH3 is 1. The van der Waals surface area contributed by atoms with Gasteiger partial charge in [-0.3, -0.25) is 0 Å². The maximum atomic E-state index is 5.64. The fraction of sp³-hybridized carbons (Fsp3) is 0.833. The van der Waals surface area contributed by atoms with Crippen LogP contribution in [0.1, 0.15) is 38.6 Å². The van der Waals surface area contributed by atoms with Crippen molar-refractivity contribution < 1.29 is 9.15 Å². The molecule has 0 saturated heterocycles. The van der Waals surface area contributed by atoms with Crippen molar-refractivity contribution >= 4 is 6.01 Å². The van der Waals surface area contributed by atoms with E-state index in [1.807, 2.05) is 18.9 Å². The fourth-order valence-electron chi connectivity index (χ4n) is 1.55. The highest BCUT2D eigenvalue weighted by Gasteiger charge is 2.15. The summed E-state index contributed by atoms with van der Waals surface area (Å²) in [6, 6.07) is 0.657. The molecule has 6 heteroatoms. The molecular formula is C12H24N4O2. The zero-order valence-corrected chi connectivity index (χ0v) is 11.8. The van der Waals surface area contributed by atoms with Gasteiger partial charge in [-0.25, -0.2) is 0 Å². The topological polar surface area (TPSA) is 63.4 Å². The second-order valence-corrected chi connectivity index (χ2v) is 4.37. The highest BCUT2D eigenvalue weighted by atomic mass is 16.5. The van der Waals surface area contributed by atoms with E-state index in [-0.39, 0.29) is 6.04 Å². The molecule has 104 valence electrons. The maximum absolute atomic E-state index is 5.64. The Morgan fingerprint density at radius 1 is 1.44 bits per heavy atom. The average Bonchev–Trinajstić information content (AvgIpc) is 2.85. The lowest BCUT2D eigenvalue weighted by Gasteiger charge is -2.13. The molecule has 0 aliphatic carbocycles. The van der Waals surface area contributed by atoms with Crippen molar-refractivity contribution in [3.05, 3.63) is 5.89 Å². The van der Waals surface area contributed by atoms with Crippen LogP contribution in [0.4, 0.5) is 6.01 Å². The summed E-state index contributed by atoms with van der Waals surface area (Å²) in [4.78, 5) is 1.95. The first-order valence-electron chi connectivity index (χ1n) is 6.45. The Hall–Kier alpha value is -1.14. The zero-order chi connectivity index (χ0) is 13.4. The molecule has 0 aliphatic heterocycles. The van der Waals surface area contributed by atoms with Gasteiger partial charge in [0.25, 0.3) is 0 Å². The van der Waals surface area contributed by atoms with Gasteiger partial charge in [-0.2, -0.15) is 0 Å². The average molecular weight is 256 g/mol. The SMILES string of the molecule is CCCNC(C)c1nnc(N(C)CCCOC)o1. The lowest BCUT2D eigenvalue weighted by molar-refractivity contribution is 0.196. The van der Waals surface area contributed by atoms with Gasteiger partial charge in [0.15, 0.2) is 0 Å². The molecule has 0 aromatic carbocycles.